The van der Waals surface area contributed by atoms with Crippen LogP contribution in [0.2, 0.25) is 0 Å². The molecule has 1 saturated heterocycles. The number of nitrogens with one attached hydrogen (secondary N) is 2. The van der Waals surface area contributed by atoms with Gasteiger partial charge in [0.05, 0.1) is 12.8 Å². The Bertz CT molecular complexity index is 898. The monoisotopic (exact) mass is 365 g/mol. The molecule has 1 fully saturated rings. The first-order chi connectivity index (χ1) is 13.3. The van der Waals surface area contributed by atoms with Gasteiger partial charge >= 0.3 is 0 Å². The average molecular weight is 365 g/mol. The molecule has 1 aliphatic heterocycles. The van der Waals surface area contributed by atoms with Crippen LogP contribution in [0.1, 0.15) is 12.5 Å². The van der Waals surface area contributed by atoms with Gasteiger partial charge in [-0.3, -0.25) is 4.90 Å². The van der Waals surface area contributed by atoms with Crippen LogP contribution < -0.4 is 15.0 Å². The second kappa shape index (κ2) is 7.88. The Morgan fingerprint density at radius 1 is 1.19 bits per heavy atom. The van der Waals surface area contributed by atoms with Crippen molar-refractivity contribution in [3.8, 4) is 5.75 Å². The third-order valence-electron chi connectivity index (χ3n) is 5.19. The fourth-order valence-corrected chi connectivity index (χ4v) is 3.75. The summed E-state index contributed by atoms with van der Waals surface area (Å²) in [6, 6.07) is 10.3. The van der Waals surface area contributed by atoms with E-state index in [2.05, 4.69) is 56.4 Å². The maximum absolute atomic E-state index is 5.38. The standard InChI is InChI=1S/C21H27N5O/c1-3-22-20-5-4-8-23-21(20)26-11-9-25(10-12-26)15-16-14-24-19-7-6-17(27-2)13-18(16)19/h4-8,13-14,22,24H,3,9-12,15H2,1-2H3. The Morgan fingerprint density at radius 2 is 2.04 bits per heavy atom. The molecule has 3 heterocycles. The lowest BCUT2D eigenvalue weighted by molar-refractivity contribution is 0.250. The summed E-state index contributed by atoms with van der Waals surface area (Å²) in [6.45, 7) is 8.00. The number of hydrogen-bond acceptors (Lipinski definition) is 5. The number of aromatic amines is 1. The number of rotatable bonds is 6. The number of nitrogens with zero attached hydrogens (tertiary/aromatic N) is 3. The summed E-state index contributed by atoms with van der Waals surface area (Å²) in [5.74, 6) is 1.97. The highest BCUT2D eigenvalue weighted by Gasteiger charge is 2.21. The number of aromatic nitrogens is 2. The Hall–Kier alpha value is -2.73. The Morgan fingerprint density at radius 3 is 2.81 bits per heavy atom. The lowest BCUT2D eigenvalue weighted by Crippen LogP contribution is -2.46. The third-order valence-corrected chi connectivity index (χ3v) is 5.19. The number of anilines is 2. The maximum Gasteiger partial charge on any atom is 0.152 e. The van der Waals surface area contributed by atoms with Crippen LogP contribution in [0.15, 0.2) is 42.7 Å². The lowest BCUT2D eigenvalue weighted by Gasteiger charge is -2.36. The molecule has 2 N–H and O–H groups in total. The second-order valence-electron chi connectivity index (χ2n) is 6.89. The molecule has 0 atom stereocenters. The van der Waals surface area contributed by atoms with E-state index < -0.39 is 0 Å². The van der Waals surface area contributed by atoms with E-state index in [0.29, 0.717) is 0 Å². The fourth-order valence-electron chi connectivity index (χ4n) is 3.75. The number of piperazine rings is 1. The zero-order valence-corrected chi connectivity index (χ0v) is 16.0. The Balaban J connectivity index is 1.43. The van der Waals surface area contributed by atoms with Gasteiger partial charge in [-0.05, 0) is 42.8 Å². The van der Waals surface area contributed by atoms with Crippen LogP contribution in [0.4, 0.5) is 11.5 Å². The largest absolute Gasteiger partial charge is 0.497 e. The molecule has 0 spiro atoms. The van der Waals surface area contributed by atoms with Gasteiger partial charge in [-0.2, -0.15) is 0 Å². The van der Waals surface area contributed by atoms with E-state index in [1.54, 1.807) is 7.11 Å². The molecule has 0 amide bonds. The number of benzene rings is 1. The number of methoxy groups -OCH3 is 1. The molecule has 6 nitrogen and oxygen atoms in total. The first kappa shape index (κ1) is 17.7. The summed E-state index contributed by atoms with van der Waals surface area (Å²) in [5.41, 5.74) is 3.61. The second-order valence-corrected chi connectivity index (χ2v) is 6.89. The topological polar surface area (TPSA) is 56.4 Å². The van der Waals surface area contributed by atoms with Crippen molar-refractivity contribution in [2.45, 2.75) is 13.5 Å². The van der Waals surface area contributed by atoms with E-state index in [0.717, 1.165) is 62.0 Å². The van der Waals surface area contributed by atoms with Crippen molar-refractivity contribution in [2.75, 3.05) is 50.1 Å². The molecule has 2 aromatic heterocycles. The lowest BCUT2D eigenvalue weighted by atomic mass is 10.1. The van der Waals surface area contributed by atoms with Crippen molar-refractivity contribution in [3.63, 3.8) is 0 Å². The van der Waals surface area contributed by atoms with Crippen LogP contribution in [0.5, 0.6) is 5.75 Å². The molecule has 0 saturated carbocycles. The van der Waals surface area contributed by atoms with Crippen molar-refractivity contribution < 1.29 is 4.74 Å². The summed E-state index contributed by atoms with van der Waals surface area (Å²) in [4.78, 5) is 12.9. The summed E-state index contributed by atoms with van der Waals surface area (Å²) in [6.07, 6.45) is 4.00. The number of H-pyrrole nitrogens is 1. The van der Waals surface area contributed by atoms with E-state index in [1.807, 2.05) is 18.3 Å². The molecule has 1 aliphatic rings. The van der Waals surface area contributed by atoms with Gasteiger partial charge in [0.25, 0.3) is 0 Å². The van der Waals surface area contributed by atoms with Crippen molar-refractivity contribution in [1.29, 1.82) is 0 Å². The SMILES string of the molecule is CCNc1cccnc1N1CCN(Cc2c[nH]c3ccc(OC)cc23)CC1. The summed E-state index contributed by atoms with van der Waals surface area (Å²) in [5, 5.41) is 4.66. The minimum Gasteiger partial charge on any atom is -0.497 e. The maximum atomic E-state index is 5.38. The van der Waals surface area contributed by atoms with Gasteiger partial charge < -0.3 is 19.9 Å². The van der Waals surface area contributed by atoms with Crippen LogP contribution in [0, 0.1) is 0 Å². The number of pyridine rings is 1. The van der Waals surface area contributed by atoms with Crippen molar-refractivity contribution >= 4 is 22.4 Å². The number of ether oxygens (including phenoxy) is 1. The quantitative estimate of drug-likeness (QED) is 0.702. The third kappa shape index (κ3) is 3.71. The number of hydrogen-bond donors (Lipinski definition) is 2. The molecular weight excluding hydrogens is 338 g/mol. The summed E-state index contributed by atoms with van der Waals surface area (Å²) < 4.78 is 5.38. The number of fused-ring (bicyclic) bond motifs is 1. The summed E-state index contributed by atoms with van der Waals surface area (Å²) in [7, 11) is 1.71. The van der Waals surface area contributed by atoms with Gasteiger partial charge in [-0.1, -0.05) is 0 Å². The molecule has 0 bridgehead atoms. The van der Waals surface area contributed by atoms with E-state index in [-0.39, 0.29) is 0 Å². The van der Waals surface area contributed by atoms with E-state index in [9.17, 15) is 0 Å². The van der Waals surface area contributed by atoms with Gasteiger partial charge in [0.1, 0.15) is 5.75 Å². The molecule has 142 valence electrons. The van der Waals surface area contributed by atoms with Gasteiger partial charge in [0.15, 0.2) is 5.82 Å². The van der Waals surface area contributed by atoms with Gasteiger partial charge in [0.2, 0.25) is 0 Å². The van der Waals surface area contributed by atoms with Gasteiger partial charge in [0, 0.05) is 62.6 Å². The highest BCUT2D eigenvalue weighted by atomic mass is 16.5. The molecule has 0 radical (unpaired) electrons. The first-order valence-electron chi connectivity index (χ1n) is 9.58. The molecule has 3 aromatic rings. The van der Waals surface area contributed by atoms with Crippen molar-refractivity contribution in [2.24, 2.45) is 0 Å². The molecule has 6 heteroatoms. The minimum absolute atomic E-state index is 0.902. The normalized spacial score (nSPS) is 15.3. The fraction of sp³-hybridized carbons (Fsp3) is 0.381. The van der Waals surface area contributed by atoms with Crippen molar-refractivity contribution in [3.05, 3.63) is 48.3 Å². The predicted molar refractivity (Wildman–Crippen MR) is 111 cm³/mol. The Kier molecular flexibility index (Phi) is 5.16. The van der Waals surface area contributed by atoms with E-state index >= 15 is 0 Å². The minimum atomic E-state index is 0.902. The predicted octanol–water partition coefficient (Wildman–Crippen LogP) is 3.33. The van der Waals surface area contributed by atoms with Gasteiger partial charge in [-0.25, -0.2) is 4.98 Å². The molecule has 1 aromatic carbocycles. The van der Waals surface area contributed by atoms with Crippen LogP contribution in [-0.2, 0) is 6.54 Å². The Labute approximate surface area is 160 Å². The zero-order chi connectivity index (χ0) is 18.6. The van der Waals surface area contributed by atoms with Crippen LogP contribution in [-0.4, -0.2) is 54.7 Å². The molecule has 0 unspecified atom stereocenters. The molecule has 4 rings (SSSR count). The van der Waals surface area contributed by atoms with Crippen LogP contribution >= 0.6 is 0 Å². The van der Waals surface area contributed by atoms with Crippen molar-refractivity contribution in [1.82, 2.24) is 14.9 Å². The zero-order valence-electron chi connectivity index (χ0n) is 16.0. The molecule has 27 heavy (non-hydrogen) atoms. The average Bonchev–Trinajstić information content (AvgIpc) is 3.11. The van der Waals surface area contributed by atoms with E-state index in [1.165, 1.54) is 10.9 Å². The summed E-state index contributed by atoms with van der Waals surface area (Å²) >= 11 is 0. The van der Waals surface area contributed by atoms with E-state index in [4.69, 9.17) is 4.74 Å². The van der Waals surface area contributed by atoms with Crippen LogP contribution in [0.3, 0.4) is 0 Å². The van der Waals surface area contributed by atoms with Crippen LogP contribution in [0.25, 0.3) is 10.9 Å². The molecular formula is C21H27N5O. The smallest absolute Gasteiger partial charge is 0.152 e. The molecule has 0 aliphatic carbocycles. The van der Waals surface area contributed by atoms with Gasteiger partial charge in [-0.15, -0.1) is 0 Å². The highest BCUT2D eigenvalue weighted by molar-refractivity contribution is 5.84. The highest BCUT2D eigenvalue weighted by Crippen LogP contribution is 2.26. The first-order valence-corrected chi connectivity index (χ1v) is 9.58.